The molecule has 2 aliphatic carbocycles. The SMILES string of the molecule is CC1(C)C2CC[C@@]1(CSC[C@@H]1C[C@@H](O)CN1)C(O)C2. The van der Waals surface area contributed by atoms with Gasteiger partial charge in [0.1, 0.15) is 0 Å². The maximum absolute atomic E-state index is 10.5. The van der Waals surface area contributed by atoms with Crippen LogP contribution in [0.4, 0.5) is 0 Å². The molecule has 3 aliphatic rings. The maximum Gasteiger partial charge on any atom is 0.0679 e. The van der Waals surface area contributed by atoms with Gasteiger partial charge in [0.25, 0.3) is 0 Å². The second-order valence-corrected chi connectivity index (χ2v) is 8.41. The highest BCUT2D eigenvalue weighted by molar-refractivity contribution is 7.99. The quantitative estimate of drug-likeness (QED) is 0.735. The minimum absolute atomic E-state index is 0.101. The molecular weight excluding hydrogens is 258 g/mol. The summed E-state index contributed by atoms with van der Waals surface area (Å²) in [5.41, 5.74) is 0.432. The minimum Gasteiger partial charge on any atom is -0.392 e. The Morgan fingerprint density at radius 2 is 2.05 bits per heavy atom. The number of hydrogen-bond acceptors (Lipinski definition) is 4. The number of nitrogens with one attached hydrogen (secondary N) is 1. The summed E-state index contributed by atoms with van der Waals surface area (Å²) in [5, 5.41) is 23.4. The molecule has 0 spiro atoms. The lowest BCUT2D eigenvalue weighted by atomic mass is 9.70. The summed E-state index contributed by atoms with van der Waals surface area (Å²) >= 11 is 1.97. The molecule has 2 bridgehead atoms. The summed E-state index contributed by atoms with van der Waals surface area (Å²) in [6.45, 7) is 5.46. The van der Waals surface area contributed by atoms with Crippen molar-refractivity contribution in [3.05, 3.63) is 0 Å². The highest BCUT2D eigenvalue weighted by Crippen LogP contribution is 2.66. The highest BCUT2D eigenvalue weighted by atomic mass is 32.2. The van der Waals surface area contributed by atoms with E-state index in [4.69, 9.17) is 0 Å². The predicted molar refractivity (Wildman–Crippen MR) is 79.3 cm³/mol. The van der Waals surface area contributed by atoms with E-state index < -0.39 is 0 Å². The van der Waals surface area contributed by atoms with Crippen LogP contribution >= 0.6 is 11.8 Å². The van der Waals surface area contributed by atoms with Crippen LogP contribution in [0.15, 0.2) is 0 Å². The molecule has 3 fully saturated rings. The van der Waals surface area contributed by atoms with Gasteiger partial charge < -0.3 is 15.5 Å². The fourth-order valence-electron chi connectivity index (χ4n) is 4.69. The molecule has 2 saturated carbocycles. The van der Waals surface area contributed by atoms with E-state index in [-0.39, 0.29) is 17.6 Å². The third kappa shape index (κ3) is 2.15. The first-order chi connectivity index (χ1) is 8.96. The minimum atomic E-state index is -0.159. The van der Waals surface area contributed by atoms with Gasteiger partial charge in [-0.25, -0.2) is 0 Å². The Balaban J connectivity index is 1.57. The number of hydrogen-bond donors (Lipinski definition) is 3. The maximum atomic E-state index is 10.5. The zero-order chi connectivity index (χ0) is 13.7. The van der Waals surface area contributed by atoms with E-state index in [9.17, 15) is 10.2 Å². The first-order valence-electron chi connectivity index (χ1n) is 7.63. The lowest BCUT2D eigenvalue weighted by Gasteiger charge is -2.40. The van der Waals surface area contributed by atoms with Crippen LogP contribution < -0.4 is 5.32 Å². The molecule has 3 nitrogen and oxygen atoms in total. The third-order valence-electron chi connectivity index (χ3n) is 6.27. The smallest absolute Gasteiger partial charge is 0.0679 e. The molecular formula is C15H27NO2S. The summed E-state index contributed by atoms with van der Waals surface area (Å²) in [5.74, 6) is 2.85. The highest BCUT2D eigenvalue weighted by Gasteiger charge is 2.63. The fourth-order valence-corrected chi connectivity index (χ4v) is 6.42. The molecule has 5 atom stereocenters. The molecule has 110 valence electrons. The Labute approximate surface area is 120 Å². The predicted octanol–water partition coefficient (Wildman–Crippen LogP) is 1.63. The van der Waals surface area contributed by atoms with Crippen molar-refractivity contribution >= 4 is 11.8 Å². The van der Waals surface area contributed by atoms with Crippen molar-refractivity contribution in [3.8, 4) is 0 Å². The van der Waals surface area contributed by atoms with Gasteiger partial charge >= 0.3 is 0 Å². The van der Waals surface area contributed by atoms with E-state index in [1.807, 2.05) is 11.8 Å². The standard InChI is InChI=1S/C15H27NO2S/c1-14(2)10-3-4-15(14,13(18)5-10)9-19-8-11-6-12(17)7-16-11/h10-13,16-18H,3-9H2,1-2H3/t10?,11-,12+,13?,15+/m0/s1. The van der Waals surface area contributed by atoms with Gasteiger partial charge in [-0.2, -0.15) is 11.8 Å². The molecule has 3 rings (SSSR count). The van der Waals surface area contributed by atoms with Crippen LogP contribution in [0.3, 0.4) is 0 Å². The van der Waals surface area contributed by atoms with Crippen molar-refractivity contribution in [2.24, 2.45) is 16.7 Å². The largest absolute Gasteiger partial charge is 0.392 e. The van der Waals surface area contributed by atoms with Crippen LogP contribution in [0.25, 0.3) is 0 Å². The molecule has 0 aromatic heterocycles. The molecule has 0 aromatic carbocycles. The zero-order valence-electron chi connectivity index (χ0n) is 12.1. The van der Waals surface area contributed by atoms with Crippen molar-refractivity contribution in [2.75, 3.05) is 18.1 Å². The average Bonchev–Trinajstić information content (AvgIpc) is 2.91. The number of fused-ring (bicyclic) bond motifs is 2. The molecule has 0 amide bonds. The van der Waals surface area contributed by atoms with E-state index in [2.05, 4.69) is 19.2 Å². The van der Waals surface area contributed by atoms with Crippen LogP contribution in [-0.4, -0.2) is 46.5 Å². The first-order valence-corrected chi connectivity index (χ1v) is 8.78. The Hall–Kier alpha value is 0.230. The van der Waals surface area contributed by atoms with Gasteiger partial charge in [-0.05, 0) is 37.0 Å². The van der Waals surface area contributed by atoms with Crippen LogP contribution in [0.2, 0.25) is 0 Å². The number of β-amino-alcohol motifs (C(OH)–C–C–N with tert-alkyl or cyclic N) is 1. The second-order valence-electron chi connectivity index (χ2n) is 7.37. The van der Waals surface area contributed by atoms with E-state index in [1.54, 1.807) is 0 Å². The molecule has 1 saturated heterocycles. The summed E-state index contributed by atoms with van der Waals surface area (Å²) in [6, 6.07) is 0.454. The van der Waals surface area contributed by atoms with Crippen LogP contribution in [-0.2, 0) is 0 Å². The number of rotatable bonds is 4. The number of thioether (sulfide) groups is 1. The Morgan fingerprint density at radius 3 is 2.58 bits per heavy atom. The Morgan fingerprint density at radius 1 is 1.26 bits per heavy atom. The third-order valence-corrected chi connectivity index (χ3v) is 7.62. The molecule has 1 aliphatic heterocycles. The number of aliphatic hydroxyl groups is 2. The molecule has 3 N–H and O–H groups in total. The Kier molecular flexibility index (Phi) is 3.66. The van der Waals surface area contributed by atoms with Crippen molar-refractivity contribution in [1.29, 1.82) is 0 Å². The van der Waals surface area contributed by atoms with Crippen molar-refractivity contribution in [1.82, 2.24) is 5.32 Å². The Bertz CT molecular complexity index is 349. The van der Waals surface area contributed by atoms with Gasteiger partial charge in [0.15, 0.2) is 0 Å². The van der Waals surface area contributed by atoms with E-state index in [0.29, 0.717) is 11.5 Å². The monoisotopic (exact) mass is 285 g/mol. The van der Waals surface area contributed by atoms with Gasteiger partial charge in [-0.15, -0.1) is 0 Å². The van der Waals surface area contributed by atoms with Crippen molar-refractivity contribution < 1.29 is 10.2 Å². The summed E-state index contributed by atoms with van der Waals surface area (Å²) in [4.78, 5) is 0. The van der Waals surface area contributed by atoms with Gasteiger partial charge in [0.2, 0.25) is 0 Å². The van der Waals surface area contributed by atoms with E-state index in [0.717, 1.165) is 36.8 Å². The molecule has 0 radical (unpaired) electrons. The summed E-state index contributed by atoms with van der Waals surface area (Å²) in [6.07, 6.45) is 4.12. The number of aliphatic hydroxyl groups excluding tert-OH is 2. The van der Waals surface area contributed by atoms with Crippen LogP contribution in [0.1, 0.15) is 39.5 Å². The first kappa shape index (κ1) is 14.2. The second kappa shape index (κ2) is 4.90. The molecule has 2 unspecified atom stereocenters. The normalized spacial score (nSPS) is 48.0. The fraction of sp³-hybridized carbons (Fsp3) is 1.00. The zero-order valence-corrected chi connectivity index (χ0v) is 12.9. The van der Waals surface area contributed by atoms with Crippen LogP contribution in [0.5, 0.6) is 0 Å². The molecule has 4 heteroatoms. The van der Waals surface area contributed by atoms with Gasteiger partial charge in [-0.1, -0.05) is 13.8 Å². The summed E-state index contributed by atoms with van der Waals surface area (Å²) in [7, 11) is 0. The summed E-state index contributed by atoms with van der Waals surface area (Å²) < 4.78 is 0. The van der Waals surface area contributed by atoms with E-state index >= 15 is 0 Å². The van der Waals surface area contributed by atoms with E-state index in [1.165, 1.54) is 12.8 Å². The van der Waals surface area contributed by atoms with Crippen LogP contribution in [0, 0.1) is 16.7 Å². The van der Waals surface area contributed by atoms with Crippen molar-refractivity contribution in [2.45, 2.75) is 57.8 Å². The van der Waals surface area contributed by atoms with Crippen molar-refractivity contribution in [3.63, 3.8) is 0 Å². The van der Waals surface area contributed by atoms with Gasteiger partial charge in [-0.3, -0.25) is 0 Å². The topological polar surface area (TPSA) is 52.5 Å². The van der Waals surface area contributed by atoms with Gasteiger partial charge in [0, 0.05) is 29.5 Å². The lowest BCUT2D eigenvalue weighted by molar-refractivity contribution is 0.0168. The molecule has 0 aromatic rings. The average molecular weight is 285 g/mol. The lowest BCUT2D eigenvalue weighted by Crippen LogP contribution is -2.41. The van der Waals surface area contributed by atoms with Gasteiger partial charge in [0.05, 0.1) is 12.2 Å². The molecule has 1 heterocycles. The molecule has 19 heavy (non-hydrogen) atoms.